The van der Waals surface area contributed by atoms with Crippen molar-refractivity contribution in [3.05, 3.63) is 4.91 Å². The molecule has 1 heterocycles. The number of aliphatic carboxylic acids is 1. The van der Waals surface area contributed by atoms with Crippen molar-refractivity contribution in [3.8, 4) is 0 Å². The van der Waals surface area contributed by atoms with Crippen LogP contribution in [0.25, 0.3) is 0 Å². The summed E-state index contributed by atoms with van der Waals surface area (Å²) >= 11 is 0. The van der Waals surface area contributed by atoms with Crippen LogP contribution in [0.4, 0.5) is 0 Å². The van der Waals surface area contributed by atoms with Gasteiger partial charge in [0.15, 0.2) is 0 Å². The zero-order chi connectivity index (χ0) is 9.14. The van der Waals surface area contributed by atoms with Crippen molar-refractivity contribution in [2.75, 3.05) is 13.1 Å². The van der Waals surface area contributed by atoms with Crippen LogP contribution in [-0.4, -0.2) is 29.2 Å². The molecule has 5 nitrogen and oxygen atoms in total. The standard InChI is InChI=1S/C7H12N2O3/c1-5-2-3-9(8-12)4-6(5)7(10)11/h5-6H,2-4H2,1H3,(H,10,11). The Hall–Kier alpha value is -1.13. The van der Waals surface area contributed by atoms with E-state index >= 15 is 0 Å². The van der Waals surface area contributed by atoms with Crippen molar-refractivity contribution < 1.29 is 9.90 Å². The summed E-state index contributed by atoms with van der Waals surface area (Å²) in [6.45, 7) is 2.72. The largest absolute Gasteiger partial charge is 0.481 e. The van der Waals surface area contributed by atoms with Crippen molar-refractivity contribution in [2.45, 2.75) is 13.3 Å². The molecule has 12 heavy (non-hydrogen) atoms. The average Bonchev–Trinajstić information content (AvgIpc) is 2.05. The minimum atomic E-state index is -0.837. The maximum atomic E-state index is 10.7. The Morgan fingerprint density at radius 3 is 2.83 bits per heavy atom. The topological polar surface area (TPSA) is 70.0 Å². The molecule has 0 aromatic carbocycles. The lowest BCUT2D eigenvalue weighted by atomic mass is 9.88. The molecule has 2 unspecified atom stereocenters. The second-order valence-corrected chi connectivity index (χ2v) is 3.20. The normalized spacial score (nSPS) is 29.9. The molecule has 1 aliphatic heterocycles. The lowest BCUT2D eigenvalue weighted by Crippen LogP contribution is -2.40. The maximum absolute atomic E-state index is 10.7. The third kappa shape index (κ3) is 1.72. The van der Waals surface area contributed by atoms with Crippen LogP contribution in [0.1, 0.15) is 13.3 Å². The molecule has 1 aliphatic rings. The summed E-state index contributed by atoms with van der Waals surface area (Å²) in [7, 11) is 0. The zero-order valence-electron chi connectivity index (χ0n) is 6.93. The molecule has 0 saturated carbocycles. The van der Waals surface area contributed by atoms with E-state index in [4.69, 9.17) is 5.11 Å². The fraction of sp³-hybridized carbons (Fsp3) is 0.857. The number of nitrogens with zero attached hydrogens (tertiary/aromatic N) is 2. The van der Waals surface area contributed by atoms with E-state index in [0.29, 0.717) is 6.54 Å². The van der Waals surface area contributed by atoms with E-state index in [-0.39, 0.29) is 12.5 Å². The van der Waals surface area contributed by atoms with E-state index in [0.717, 1.165) is 6.42 Å². The van der Waals surface area contributed by atoms with Gasteiger partial charge >= 0.3 is 5.97 Å². The lowest BCUT2D eigenvalue weighted by Gasteiger charge is -2.30. The quantitative estimate of drug-likeness (QED) is 0.623. The van der Waals surface area contributed by atoms with Crippen LogP contribution >= 0.6 is 0 Å². The summed E-state index contributed by atoms with van der Waals surface area (Å²) in [5.41, 5.74) is 0. The van der Waals surface area contributed by atoms with Gasteiger partial charge < -0.3 is 5.11 Å². The van der Waals surface area contributed by atoms with Gasteiger partial charge in [0, 0.05) is 6.54 Å². The van der Waals surface area contributed by atoms with E-state index in [1.165, 1.54) is 5.01 Å². The van der Waals surface area contributed by atoms with E-state index in [9.17, 15) is 9.70 Å². The number of carboxylic acids is 1. The Kier molecular flexibility index (Phi) is 2.62. The zero-order valence-corrected chi connectivity index (χ0v) is 6.93. The molecule has 1 rings (SSSR count). The first-order valence-corrected chi connectivity index (χ1v) is 3.96. The van der Waals surface area contributed by atoms with E-state index < -0.39 is 11.9 Å². The molecule has 5 heteroatoms. The molecule has 0 aromatic rings. The fourth-order valence-electron chi connectivity index (χ4n) is 1.45. The third-order valence-electron chi connectivity index (χ3n) is 2.37. The first kappa shape index (κ1) is 8.96. The van der Waals surface area contributed by atoms with Crippen molar-refractivity contribution in [1.29, 1.82) is 0 Å². The summed E-state index contributed by atoms with van der Waals surface area (Å²) in [5.74, 6) is -1.15. The minimum Gasteiger partial charge on any atom is -0.481 e. The van der Waals surface area contributed by atoms with Crippen LogP contribution in [0.15, 0.2) is 5.29 Å². The summed E-state index contributed by atoms with van der Waals surface area (Å²) < 4.78 is 0. The highest BCUT2D eigenvalue weighted by Crippen LogP contribution is 2.23. The predicted octanol–water partition coefficient (Wildman–Crippen LogP) is 0.710. The fourth-order valence-corrected chi connectivity index (χ4v) is 1.45. The highest BCUT2D eigenvalue weighted by molar-refractivity contribution is 5.70. The van der Waals surface area contributed by atoms with Gasteiger partial charge in [-0.05, 0) is 12.3 Å². The van der Waals surface area contributed by atoms with Crippen molar-refractivity contribution in [2.24, 2.45) is 17.1 Å². The number of carbonyl (C=O) groups is 1. The summed E-state index contributed by atoms with van der Waals surface area (Å²) in [6.07, 6.45) is 0.725. The summed E-state index contributed by atoms with van der Waals surface area (Å²) in [6, 6.07) is 0. The molecule has 1 saturated heterocycles. The number of hydrogen-bond acceptors (Lipinski definition) is 3. The number of nitroso groups, excluding NO2 is 1. The number of piperidine rings is 1. The van der Waals surface area contributed by atoms with Crippen LogP contribution in [0.5, 0.6) is 0 Å². The number of rotatable bonds is 2. The third-order valence-corrected chi connectivity index (χ3v) is 2.37. The van der Waals surface area contributed by atoms with Crippen molar-refractivity contribution >= 4 is 5.97 Å². The molecule has 0 aliphatic carbocycles. The second kappa shape index (κ2) is 3.51. The maximum Gasteiger partial charge on any atom is 0.308 e. The first-order valence-electron chi connectivity index (χ1n) is 3.96. The predicted molar refractivity (Wildman–Crippen MR) is 42.3 cm³/mol. The lowest BCUT2D eigenvalue weighted by molar-refractivity contribution is -0.145. The Morgan fingerprint density at radius 2 is 2.33 bits per heavy atom. The summed E-state index contributed by atoms with van der Waals surface area (Å²) in [5, 5.41) is 12.8. The molecule has 1 N–H and O–H groups in total. The molecule has 0 radical (unpaired) electrons. The molecule has 1 fully saturated rings. The van der Waals surface area contributed by atoms with Gasteiger partial charge in [0.25, 0.3) is 0 Å². The number of hydrogen-bond donors (Lipinski definition) is 1. The van der Waals surface area contributed by atoms with Gasteiger partial charge in [-0.2, -0.15) is 0 Å². The summed E-state index contributed by atoms with van der Waals surface area (Å²) in [4.78, 5) is 20.8. The van der Waals surface area contributed by atoms with Crippen LogP contribution in [0.3, 0.4) is 0 Å². The Bertz CT molecular complexity index is 195. The second-order valence-electron chi connectivity index (χ2n) is 3.20. The first-order chi connectivity index (χ1) is 5.65. The number of carboxylic acid groups (broad SMARTS) is 1. The van der Waals surface area contributed by atoms with E-state index in [1.807, 2.05) is 6.92 Å². The van der Waals surface area contributed by atoms with Gasteiger partial charge in [0.2, 0.25) is 0 Å². The van der Waals surface area contributed by atoms with E-state index in [1.54, 1.807) is 0 Å². The van der Waals surface area contributed by atoms with Crippen LogP contribution in [0.2, 0.25) is 0 Å². The van der Waals surface area contributed by atoms with Crippen molar-refractivity contribution in [1.82, 2.24) is 5.01 Å². The molecular formula is C7H12N2O3. The smallest absolute Gasteiger partial charge is 0.308 e. The minimum absolute atomic E-state index is 0.139. The van der Waals surface area contributed by atoms with Gasteiger partial charge in [-0.15, -0.1) is 4.91 Å². The molecule has 0 aromatic heterocycles. The molecular weight excluding hydrogens is 160 g/mol. The van der Waals surface area contributed by atoms with Crippen LogP contribution < -0.4 is 0 Å². The Labute approximate surface area is 70.3 Å². The van der Waals surface area contributed by atoms with E-state index in [2.05, 4.69) is 5.29 Å². The SMILES string of the molecule is CC1CCN(N=O)CC1C(=O)O. The average molecular weight is 172 g/mol. The van der Waals surface area contributed by atoms with Gasteiger partial charge in [0.05, 0.1) is 17.7 Å². The van der Waals surface area contributed by atoms with Gasteiger partial charge in [0.1, 0.15) is 0 Å². The Balaban J connectivity index is 2.58. The highest BCUT2D eigenvalue weighted by Gasteiger charge is 2.31. The molecule has 2 atom stereocenters. The monoisotopic (exact) mass is 172 g/mol. The molecule has 0 spiro atoms. The molecule has 0 bridgehead atoms. The van der Waals surface area contributed by atoms with Crippen molar-refractivity contribution in [3.63, 3.8) is 0 Å². The van der Waals surface area contributed by atoms with Crippen LogP contribution in [-0.2, 0) is 4.79 Å². The Morgan fingerprint density at radius 1 is 1.67 bits per heavy atom. The van der Waals surface area contributed by atoms with Gasteiger partial charge in [-0.1, -0.05) is 6.92 Å². The van der Waals surface area contributed by atoms with Gasteiger partial charge in [-0.3, -0.25) is 9.80 Å². The van der Waals surface area contributed by atoms with Gasteiger partial charge in [-0.25, -0.2) is 0 Å². The molecule has 68 valence electrons. The van der Waals surface area contributed by atoms with Crippen LogP contribution in [0, 0.1) is 16.7 Å². The molecule has 0 amide bonds. The highest BCUT2D eigenvalue weighted by atomic mass is 16.4.